The average molecular weight is 328 g/mol. The van der Waals surface area contributed by atoms with Gasteiger partial charge in [0, 0.05) is 11.6 Å². The number of nitrogens with one attached hydrogen (secondary N) is 1. The van der Waals surface area contributed by atoms with Gasteiger partial charge >= 0.3 is 6.18 Å². The number of carbonyl (C=O) groups excluding carboxylic acids is 1. The highest BCUT2D eigenvalue weighted by Crippen LogP contribution is 2.26. The number of carbonyl (C=O) groups is 1. The van der Waals surface area contributed by atoms with Crippen molar-refractivity contribution >= 4 is 22.2 Å². The number of alkyl halides is 3. The van der Waals surface area contributed by atoms with Crippen LogP contribution in [0.2, 0.25) is 0 Å². The molecule has 0 unspecified atom stereocenters. The molecule has 1 N–H and O–H groups in total. The van der Waals surface area contributed by atoms with E-state index in [9.17, 15) is 18.0 Å². The van der Waals surface area contributed by atoms with Crippen molar-refractivity contribution in [2.24, 2.45) is 0 Å². The second kappa shape index (κ2) is 5.33. The molecule has 3 rings (SSSR count). The van der Waals surface area contributed by atoms with Crippen LogP contribution in [0.25, 0.3) is 4.96 Å². The van der Waals surface area contributed by atoms with E-state index in [4.69, 9.17) is 0 Å². The van der Waals surface area contributed by atoms with Gasteiger partial charge in [-0.3, -0.25) is 4.79 Å². The normalized spacial score (nSPS) is 11.8. The smallest absolute Gasteiger partial charge is 0.344 e. The molecule has 0 radical (unpaired) electrons. The maximum atomic E-state index is 12.5. The Kier molecular flexibility index (Phi) is 3.48. The number of fused-ring (bicyclic) bond motifs is 1. The van der Waals surface area contributed by atoms with Gasteiger partial charge in [0.1, 0.15) is 12.0 Å². The fourth-order valence-electron chi connectivity index (χ4n) is 1.67. The highest BCUT2D eigenvalue weighted by atomic mass is 32.1. The van der Waals surface area contributed by atoms with E-state index in [1.54, 1.807) is 5.38 Å². The largest absolute Gasteiger partial charge is 0.433 e. The maximum Gasteiger partial charge on any atom is 0.433 e. The Morgan fingerprint density at radius 3 is 2.95 bits per heavy atom. The quantitative estimate of drug-likeness (QED) is 0.788. The van der Waals surface area contributed by atoms with Gasteiger partial charge in [-0.15, -0.1) is 11.3 Å². The summed E-state index contributed by atoms with van der Waals surface area (Å²) in [5.41, 5.74) is -0.514. The molecule has 0 aliphatic carbocycles. The molecule has 0 fully saturated rings. The molecule has 1 amide bonds. The van der Waals surface area contributed by atoms with E-state index in [1.807, 2.05) is 0 Å². The maximum absolute atomic E-state index is 12.5. The molecule has 0 aliphatic rings. The number of hydrogen-bond donors (Lipinski definition) is 1. The molecule has 3 heterocycles. The molecule has 0 atom stereocenters. The van der Waals surface area contributed by atoms with Gasteiger partial charge in [-0.25, -0.2) is 19.5 Å². The minimum atomic E-state index is -4.63. The van der Waals surface area contributed by atoms with Crippen LogP contribution in [0, 0.1) is 0 Å². The lowest BCUT2D eigenvalue weighted by Gasteiger charge is -2.07. The molecular weight excluding hydrogens is 321 g/mol. The predicted octanol–water partition coefficient (Wildman–Crippen LogP) is 1.53. The summed E-state index contributed by atoms with van der Waals surface area (Å²) < 4.78 is 39.1. The summed E-state index contributed by atoms with van der Waals surface area (Å²) in [6.07, 6.45) is -2.36. The summed E-state index contributed by atoms with van der Waals surface area (Å²) in [6.45, 7) is 0.0712. The average Bonchev–Trinajstić information content (AvgIpc) is 3.07. The first-order valence-corrected chi connectivity index (χ1v) is 6.77. The Morgan fingerprint density at radius 1 is 1.36 bits per heavy atom. The first kappa shape index (κ1) is 14.4. The number of amides is 1. The SMILES string of the molecule is O=C(NCc1csc2ncnn12)c1nccc(C(F)(F)F)n1. The van der Waals surface area contributed by atoms with E-state index in [0.29, 0.717) is 16.7 Å². The lowest BCUT2D eigenvalue weighted by atomic mass is 10.4. The highest BCUT2D eigenvalue weighted by Gasteiger charge is 2.33. The third kappa shape index (κ3) is 2.74. The topological polar surface area (TPSA) is 85.1 Å². The van der Waals surface area contributed by atoms with Crippen LogP contribution in [-0.4, -0.2) is 30.5 Å². The first-order valence-electron chi connectivity index (χ1n) is 5.89. The van der Waals surface area contributed by atoms with Crippen LogP contribution in [0.3, 0.4) is 0 Å². The summed E-state index contributed by atoms with van der Waals surface area (Å²) in [6, 6.07) is 0.703. The van der Waals surface area contributed by atoms with E-state index in [-0.39, 0.29) is 6.54 Å². The monoisotopic (exact) mass is 328 g/mol. The Balaban J connectivity index is 1.74. The number of nitrogens with zero attached hydrogens (tertiary/aromatic N) is 5. The third-order valence-corrected chi connectivity index (χ3v) is 3.55. The van der Waals surface area contributed by atoms with E-state index in [1.165, 1.54) is 22.2 Å². The second-order valence-electron chi connectivity index (χ2n) is 4.13. The summed E-state index contributed by atoms with van der Waals surface area (Å²) in [7, 11) is 0. The van der Waals surface area contributed by atoms with Crippen molar-refractivity contribution in [3.05, 3.63) is 41.2 Å². The van der Waals surface area contributed by atoms with Crippen molar-refractivity contribution in [3.8, 4) is 0 Å². The molecule has 3 aromatic rings. The fraction of sp³-hybridized carbons (Fsp3) is 0.182. The predicted molar refractivity (Wildman–Crippen MR) is 69.1 cm³/mol. The van der Waals surface area contributed by atoms with Crippen LogP contribution in [0.15, 0.2) is 24.0 Å². The van der Waals surface area contributed by atoms with Crippen molar-refractivity contribution in [1.82, 2.24) is 29.9 Å². The Hall–Kier alpha value is -2.56. The summed E-state index contributed by atoms with van der Waals surface area (Å²) in [4.78, 5) is 23.2. The number of thiazole rings is 1. The zero-order valence-electron chi connectivity index (χ0n) is 10.7. The molecule has 0 aromatic carbocycles. The van der Waals surface area contributed by atoms with Crippen LogP contribution >= 0.6 is 11.3 Å². The van der Waals surface area contributed by atoms with E-state index < -0.39 is 23.6 Å². The molecule has 114 valence electrons. The van der Waals surface area contributed by atoms with Gasteiger partial charge in [0.15, 0.2) is 0 Å². The van der Waals surface area contributed by atoms with Crippen molar-refractivity contribution in [1.29, 1.82) is 0 Å². The van der Waals surface area contributed by atoms with Gasteiger partial charge in [0.25, 0.3) is 5.91 Å². The van der Waals surface area contributed by atoms with Crippen molar-refractivity contribution < 1.29 is 18.0 Å². The number of halogens is 3. The van der Waals surface area contributed by atoms with Crippen molar-refractivity contribution in [2.45, 2.75) is 12.7 Å². The van der Waals surface area contributed by atoms with E-state index >= 15 is 0 Å². The lowest BCUT2D eigenvalue weighted by Crippen LogP contribution is -2.26. The van der Waals surface area contributed by atoms with Gasteiger partial charge in [-0.1, -0.05) is 0 Å². The molecule has 0 aliphatic heterocycles. The Bertz CT molecular complexity index is 826. The molecule has 0 saturated heterocycles. The Morgan fingerprint density at radius 2 is 2.18 bits per heavy atom. The van der Waals surface area contributed by atoms with E-state index in [2.05, 4.69) is 25.4 Å². The summed E-state index contributed by atoms with van der Waals surface area (Å²) >= 11 is 1.33. The Labute approximate surface area is 124 Å². The number of rotatable bonds is 3. The van der Waals surface area contributed by atoms with Crippen LogP contribution in [0.1, 0.15) is 22.0 Å². The summed E-state index contributed by atoms with van der Waals surface area (Å²) in [5.74, 6) is -1.34. The molecule has 0 spiro atoms. The highest BCUT2D eigenvalue weighted by molar-refractivity contribution is 7.15. The lowest BCUT2D eigenvalue weighted by molar-refractivity contribution is -0.141. The molecule has 22 heavy (non-hydrogen) atoms. The van der Waals surface area contributed by atoms with Crippen LogP contribution in [0.5, 0.6) is 0 Å². The zero-order chi connectivity index (χ0) is 15.7. The number of aromatic nitrogens is 5. The molecule has 11 heteroatoms. The molecule has 0 saturated carbocycles. The van der Waals surface area contributed by atoms with Gasteiger partial charge in [-0.2, -0.15) is 18.3 Å². The minimum absolute atomic E-state index is 0.0712. The zero-order valence-corrected chi connectivity index (χ0v) is 11.5. The standard InChI is InChI=1S/C11H7F3N6OS/c12-11(13,14)7-1-2-15-8(19-7)9(21)16-3-6-4-22-10-17-5-18-20(6)10/h1-2,4-5H,3H2,(H,16,21). The van der Waals surface area contributed by atoms with Gasteiger partial charge in [0.05, 0.1) is 12.2 Å². The van der Waals surface area contributed by atoms with Crippen LogP contribution in [0.4, 0.5) is 13.2 Å². The molecule has 3 aromatic heterocycles. The van der Waals surface area contributed by atoms with E-state index in [0.717, 1.165) is 6.20 Å². The minimum Gasteiger partial charge on any atom is -0.344 e. The van der Waals surface area contributed by atoms with Crippen molar-refractivity contribution in [3.63, 3.8) is 0 Å². The number of hydrogen-bond acceptors (Lipinski definition) is 6. The summed E-state index contributed by atoms with van der Waals surface area (Å²) in [5, 5.41) is 8.15. The van der Waals surface area contributed by atoms with Crippen molar-refractivity contribution in [2.75, 3.05) is 0 Å². The van der Waals surface area contributed by atoms with Gasteiger partial charge in [0.2, 0.25) is 10.8 Å². The van der Waals surface area contributed by atoms with Crippen LogP contribution in [-0.2, 0) is 12.7 Å². The first-order chi connectivity index (χ1) is 10.4. The van der Waals surface area contributed by atoms with Gasteiger partial charge < -0.3 is 5.32 Å². The molecule has 7 nitrogen and oxygen atoms in total. The molecule has 0 bridgehead atoms. The fourth-order valence-corrected chi connectivity index (χ4v) is 2.47. The second-order valence-corrected chi connectivity index (χ2v) is 4.96. The molecular formula is C11H7F3N6OS. The third-order valence-electron chi connectivity index (χ3n) is 2.67. The van der Waals surface area contributed by atoms with Crippen LogP contribution < -0.4 is 5.32 Å². The van der Waals surface area contributed by atoms with Gasteiger partial charge in [-0.05, 0) is 6.07 Å².